The van der Waals surface area contributed by atoms with Crippen molar-refractivity contribution in [2.75, 3.05) is 27.4 Å². The highest BCUT2D eigenvalue weighted by Crippen LogP contribution is 2.19. The fourth-order valence-corrected chi connectivity index (χ4v) is 2.26. The molecule has 0 atom stereocenters. The minimum atomic E-state index is -0.525. The number of hydrogen-bond acceptors (Lipinski definition) is 8. The van der Waals surface area contributed by atoms with Gasteiger partial charge in [-0.2, -0.15) is 0 Å². The fourth-order valence-electron chi connectivity index (χ4n) is 2.26. The van der Waals surface area contributed by atoms with Crippen molar-refractivity contribution in [3.8, 4) is 11.5 Å². The van der Waals surface area contributed by atoms with E-state index in [0.717, 1.165) is 0 Å². The topological polar surface area (TPSA) is 108 Å². The highest BCUT2D eigenvalue weighted by atomic mass is 16.5. The number of para-hydroxylation sites is 2. The molecule has 0 aliphatic heterocycles. The van der Waals surface area contributed by atoms with E-state index in [9.17, 15) is 14.4 Å². The molecular weight excluding hydrogens is 392 g/mol. The number of methoxy groups -OCH3 is 2. The second-order valence-electron chi connectivity index (χ2n) is 5.75. The second kappa shape index (κ2) is 13.6. The number of carbonyl (C=O) groups excluding carboxylic acids is 3. The molecular formula is C22H26O8. The summed E-state index contributed by atoms with van der Waals surface area (Å²) in [5, 5.41) is 9.11. The van der Waals surface area contributed by atoms with Crippen LogP contribution in [0, 0.1) is 0 Å². The highest BCUT2D eigenvalue weighted by molar-refractivity contribution is 5.92. The molecule has 0 amide bonds. The number of hydrogen-bond donors (Lipinski definition) is 1. The van der Waals surface area contributed by atoms with Gasteiger partial charge in [0.2, 0.25) is 0 Å². The Balaban J connectivity index is 0.000000346. The van der Waals surface area contributed by atoms with E-state index in [-0.39, 0.29) is 17.3 Å². The van der Waals surface area contributed by atoms with Gasteiger partial charge in [-0.05, 0) is 37.6 Å². The van der Waals surface area contributed by atoms with Crippen LogP contribution in [-0.4, -0.2) is 50.4 Å². The lowest BCUT2D eigenvalue weighted by Gasteiger charge is -2.09. The van der Waals surface area contributed by atoms with E-state index in [1.807, 2.05) is 0 Å². The molecule has 2 aromatic carbocycles. The Bertz CT molecular complexity index is 831. The molecule has 0 saturated carbocycles. The van der Waals surface area contributed by atoms with Crippen LogP contribution in [0.2, 0.25) is 0 Å². The van der Waals surface area contributed by atoms with Gasteiger partial charge in [-0.25, -0.2) is 9.59 Å². The van der Waals surface area contributed by atoms with Gasteiger partial charge in [0.15, 0.2) is 0 Å². The van der Waals surface area contributed by atoms with Gasteiger partial charge in [0.25, 0.3) is 0 Å². The molecule has 0 heterocycles. The number of benzene rings is 2. The Hall–Kier alpha value is -3.55. The number of carbonyl (C=O) groups is 3. The van der Waals surface area contributed by atoms with Gasteiger partial charge in [-0.15, -0.1) is 0 Å². The first-order valence-corrected chi connectivity index (χ1v) is 9.26. The van der Waals surface area contributed by atoms with Crippen LogP contribution in [-0.2, 0) is 19.0 Å². The van der Waals surface area contributed by atoms with Crippen LogP contribution >= 0.6 is 0 Å². The average molecular weight is 418 g/mol. The third-order valence-corrected chi connectivity index (χ3v) is 3.69. The summed E-state index contributed by atoms with van der Waals surface area (Å²) >= 11 is 0. The highest BCUT2D eigenvalue weighted by Gasteiger charge is 2.12. The molecule has 2 aromatic rings. The van der Waals surface area contributed by atoms with Crippen LogP contribution in [0.5, 0.6) is 11.5 Å². The van der Waals surface area contributed by atoms with Crippen LogP contribution < -0.4 is 4.74 Å². The Morgan fingerprint density at radius 3 is 2.03 bits per heavy atom. The predicted molar refractivity (Wildman–Crippen MR) is 109 cm³/mol. The van der Waals surface area contributed by atoms with E-state index in [1.165, 1.54) is 26.4 Å². The Labute approximate surface area is 175 Å². The first kappa shape index (κ1) is 24.5. The number of phenolic OH excluding ortho intramolecular Hbond substituents is 1. The molecule has 1 N–H and O–H groups in total. The number of rotatable bonds is 8. The lowest BCUT2D eigenvalue weighted by atomic mass is 10.2. The normalized spacial score (nSPS) is 9.57. The van der Waals surface area contributed by atoms with Gasteiger partial charge in [-0.1, -0.05) is 24.3 Å². The molecule has 0 aromatic heterocycles. The standard InChI is InChI=1S/C14H18O5.C8H8O3/c1-3-18-13(15)9-6-10-19-12-8-5-4-7-11(12)14(16)17-2;1-11-8(10)6-4-2-3-5-7(6)9/h4-5,7-8H,3,6,9-10H2,1-2H3;2-5,9H,1H3. The van der Waals surface area contributed by atoms with Crippen molar-refractivity contribution in [2.24, 2.45) is 0 Å². The molecule has 0 radical (unpaired) electrons. The van der Waals surface area contributed by atoms with Gasteiger partial charge in [-0.3, -0.25) is 4.79 Å². The first-order valence-electron chi connectivity index (χ1n) is 9.26. The van der Waals surface area contributed by atoms with Crippen molar-refractivity contribution in [1.82, 2.24) is 0 Å². The van der Waals surface area contributed by atoms with Crippen molar-refractivity contribution >= 4 is 17.9 Å². The summed E-state index contributed by atoms with van der Waals surface area (Å²) < 4.78 is 19.4. The number of phenols is 1. The van der Waals surface area contributed by atoms with Crippen LogP contribution in [0.3, 0.4) is 0 Å². The summed E-state index contributed by atoms with van der Waals surface area (Å²) in [6.45, 7) is 2.48. The molecule has 0 saturated heterocycles. The number of esters is 3. The van der Waals surface area contributed by atoms with Crippen LogP contribution in [0.15, 0.2) is 48.5 Å². The largest absolute Gasteiger partial charge is 0.507 e. The SMILES string of the molecule is CCOC(=O)CCCOc1ccccc1C(=O)OC.COC(=O)c1ccccc1O. The van der Waals surface area contributed by atoms with E-state index >= 15 is 0 Å². The third kappa shape index (κ3) is 8.22. The molecule has 2 rings (SSSR count). The van der Waals surface area contributed by atoms with E-state index in [0.29, 0.717) is 37.4 Å². The van der Waals surface area contributed by atoms with Gasteiger partial charge >= 0.3 is 17.9 Å². The Morgan fingerprint density at radius 2 is 1.43 bits per heavy atom. The van der Waals surface area contributed by atoms with Crippen LogP contribution in [0.4, 0.5) is 0 Å². The number of ether oxygens (including phenoxy) is 4. The first-order chi connectivity index (χ1) is 14.4. The van der Waals surface area contributed by atoms with Crippen LogP contribution in [0.1, 0.15) is 40.5 Å². The van der Waals surface area contributed by atoms with E-state index in [4.69, 9.17) is 14.6 Å². The van der Waals surface area contributed by atoms with E-state index in [2.05, 4.69) is 9.47 Å². The lowest BCUT2D eigenvalue weighted by molar-refractivity contribution is -0.143. The monoisotopic (exact) mass is 418 g/mol. The van der Waals surface area contributed by atoms with Crippen molar-refractivity contribution in [1.29, 1.82) is 0 Å². The number of aromatic hydroxyl groups is 1. The van der Waals surface area contributed by atoms with Gasteiger partial charge < -0.3 is 24.1 Å². The molecule has 162 valence electrons. The molecule has 0 spiro atoms. The molecule has 0 fully saturated rings. The zero-order valence-electron chi connectivity index (χ0n) is 17.3. The second-order valence-corrected chi connectivity index (χ2v) is 5.75. The van der Waals surface area contributed by atoms with Crippen molar-refractivity contribution in [3.05, 3.63) is 59.7 Å². The minimum Gasteiger partial charge on any atom is -0.507 e. The summed E-state index contributed by atoms with van der Waals surface area (Å²) in [4.78, 5) is 33.5. The predicted octanol–water partition coefficient (Wildman–Crippen LogP) is 3.37. The molecule has 0 aliphatic rings. The zero-order valence-corrected chi connectivity index (χ0v) is 17.3. The molecule has 0 bridgehead atoms. The van der Waals surface area contributed by atoms with E-state index < -0.39 is 11.9 Å². The average Bonchev–Trinajstić information content (AvgIpc) is 2.77. The van der Waals surface area contributed by atoms with Crippen molar-refractivity contribution in [2.45, 2.75) is 19.8 Å². The fraction of sp³-hybridized carbons (Fsp3) is 0.318. The maximum absolute atomic E-state index is 11.5. The summed E-state index contributed by atoms with van der Waals surface area (Å²) in [6.07, 6.45) is 0.836. The molecule has 0 aliphatic carbocycles. The molecule has 0 unspecified atom stereocenters. The van der Waals surface area contributed by atoms with Gasteiger partial charge in [0.05, 0.1) is 27.4 Å². The van der Waals surface area contributed by atoms with E-state index in [1.54, 1.807) is 43.3 Å². The molecule has 30 heavy (non-hydrogen) atoms. The quantitative estimate of drug-likeness (QED) is 0.395. The summed E-state index contributed by atoms with van der Waals surface area (Å²) in [5.41, 5.74) is 0.566. The molecule has 8 nitrogen and oxygen atoms in total. The van der Waals surface area contributed by atoms with Crippen molar-refractivity contribution in [3.63, 3.8) is 0 Å². The molecule has 8 heteroatoms. The Morgan fingerprint density at radius 1 is 0.867 bits per heavy atom. The smallest absolute Gasteiger partial charge is 0.341 e. The van der Waals surface area contributed by atoms with Gasteiger partial charge in [0, 0.05) is 6.42 Å². The minimum absolute atomic E-state index is 0.0562. The van der Waals surface area contributed by atoms with Gasteiger partial charge in [0.1, 0.15) is 22.6 Å². The third-order valence-electron chi connectivity index (χ3n) is 3.69. The zero-order chi connectivity index (χ0) is 22.4. The van der Waals surface area contributed by atoms with Crippen LogP contribution in [0.25, 0.3) is 0 Å². The summed E-state index contributed by atoms with van der Waals surface area (Å²) in [6, 6.07) is 13.1. The summed E-state index contributed by atoms with van der Waals surface area (Å²) in [5.74, 6) is -0.811. The van der Waals surface area contributed by atoms with Crippen molar-refractivity contribution < 1.29 is 38.4 Å². The Kier molecular flexibility index (Phi) is 11.1. The lowest BCUT2D eigenvalue weighted by Crippen LogP contribution is -2.09. The maximum atomic E-state index is 11.5. The summed E-state index contributed by atoms with van der Waals surface area (Å²) in [7, 11) is 2.59. The maximum Gasteiger partial charge on any atom is 0.341 e.